The van der Waals surface area contributed by atoms with Crippen molar-refractivity contribution in [2.24, 2.45) is 5.92 Å². The van der Waals surface area contributed by atoms with E-state index in [9.17, 15) is 33.5 Å². The van der Waals surface area contributed by atoms with Gasteiger partial charge in [-0.1, -0.05) is 26.0 Å². The summed E-state index contributed by atoms with van der Waals surface area (Å²) in [7, 11) is 0. The minimum Gasteiger partial charge on any atom is -0.394 e. The van der Waals surface area contributed by atoms with E-state index in [4.69, 9.17) is 0 Å². The maximum absolute atomic E-state index is 13.6. The molecule has 1 aliphatic rings. The van der Waals surface area contributed by atoms with E-state index >= 15 is 0 Å². The van der Waals surface area contributed by atoms with Crippen LogP contribution in [0.1, 0.15) is 61.8 Å². The van der Waals surface area contributed by atoms with Gasteiger partial charge in [0.05, 0.1) is 24.1 Å². The van der Waals surface area contributed by atoms with Gasteiger partial charge in [0.15, 0.2) is 0 Å². The van der Waals surface area contributed by atoms with Crippen LogP contribution in [0.5, 0.6) is 0 Å². The first-order valence-electron chi connectivity index (χ1n) is 14.2. The molecule has 6 N–H and O–H groups in total. The largest absolute Gasteiger partial charge is 0.394 e. The lowest BCUT2D eigenvalue weighted by Crippen LogP contribution is -2.56. The van der Waals surface area contributed by atoms with Crippen LogP contribution in [0.15, 0.2) is 29.6 Å². The molecule has 14 heteroatoms. The number of aromatic nitrogens is 1. The average molecular weight is 619 g/mol. The quantitative estimate of drug-likeness (QED) is 0.237. The van der Waals surface area contributed by atoms with E-state index in [-0.39, 0.29) is 25.2 Å². The molecule has 1 aliphatic heterocycles. The molecular formula is C29H39FN6O6S. The summed E-state index contributed by atoms with van der Waals surface area (Å²) < 4.78 is 13.6. The lowest BCUT2D eigenvalue weighted by atomic mass is 10.0. The number of benzene rings is 1. The molecule has 12 nitrogen and oxygen atoms in total. The van der Waals surface area contributed by atoms with Gasteiger partial charge in [-0.05, 0) is 43.4 Å². The van der Waals surface area contributed by atoms with Gasteiger partial charge in [0, 0.05) is 30.5 Å². The van der Waals surface area contributed by atoms with Gasteiger partial charge >= 0.3 is 0 Å². The van der Waals surface area contributed by atoms with Crippen molar-refractivity contribution >= 4 is 40.9 Å². The standard InChI is InChI=1S/C29H39FN6O6S/c1-16(2)26-29(42)35-22(14-37)28(41)34-21(18-6-8-19(30)9-7-18)13-24(39)33-20(10-11-23(38)36-26)27(40)31-12-4-5-25-32-17(3)15-43-25/h6-9,15-16,20-22,26,37H,4-5,10-14H2,1-3H3,(H,31,40)(H,33,39)(H,34,41)(H,35,42)(H,36,38)/t20-,21+,22-,26+/m0/s1. The zero-order valence-electron chi connectivity index (χ0n) is 24.4. The van der Waals surface area contributed by atoms with E-state index in [2.05, 4.69) is 31.6 Å². The van der Waals surface area contributed by atoms with Crippen LogP contribution in [0.25, 0.3) is 0 Å². The van der Waals surface area contributed by atoms with Crippen LogP contribution in [0.2, 0.25) is 0 Å². The Morgan fingerprint density at radius 2 is 1.79 bits per heavy atom. The number of rotatable bonds is 8. The van der Waals surface area contributed by atoms with E-state index in [0.717, 1.165) is 10.7 Å². The Labute approximate surface area is 253 Å². The van der Waals surface area contributed by atoms with Crippen LogP contribution in [0, 0.1) is 18.7 Å². The molecule has 5 amide bonds. The summed E-state index contributed by atoms with van der Waals surface area (Å²) in [5.41, 5.74) is 1.33. The van der Waals surface area contributed by atoms with E-state index in [1.807, 2.05) is 12.3 Å². The highest BCUT2D eigenvalue weighted by atomic mass is 32.1. The molecular weight excluding hydrogens is 579 g/mol. The summed E-state index contributed by atoms with van der Waals surface area (Å²) in [4.78, 5) is 69.7. The molecule has 2 heterocycles. The second-order valence-corrected chi connectivity index (χ2v) is 11.7. The highest BCUT2D eigenvalue weighted by Gasteiger charge is 2.32. The number of amides is 5. The number of hydrogen-bond acceptors (Lipinski definition) is 8. The summed E-state index contributed by atoms with van der Waals surface area (Å²) in [6, 6.07) is 0.695. The van der Waals surface area contributed by atoms with Crippen molar-refractivity contribution < 1.29 is 33.5 Å². The highest BCUT2D eigenvalue weighted by Crippen LogP contribution is 2.19. The topological polar surface area (TPSA) is 179 Å². The van der Waals surface area contributed by atoms with Gasteiger partial charge in [0.2, 0.25) is 29.5 Å². The third kappa shape index (κ3) is 10.4. The van der Waals surface area contributed by atoms with Crippen molar-refractivity contribution in [3.8, 4) is 0 Å². The van der Waals surface area contributed by atoms with Gasteiger partial charge in [-0.15, -0.1) is 11.3 Å². The molecule has 234 valence electrons. The Balaban J connectivity index is 1.82. The lowest BCUT2D eigenvalue weighted by molar-refractivity contribution is -0.134. The van der Waals surface area contributed by atoms with E-state index in [0.29, 0.717) is 24.9 Å². The van der Waals surface area contributed by atoms with Crippen LogP contribution in [0.4, 0.5) is 4.39 Å². The number of aliphatic hydroxyl groups excluding tert-OH is 1. The molecule has 2 aromatic rings. The Morgan fingerprint density at radius 1 is 1.07 bits per heavy atom. The molecule has 0 bridgehead atoms. The molecule has 0 spiro atoms. The predicted molar refractivity (Wildman–Crippen MR) is 157 cm³/mol. The van der Waals surface area contributed by atoms with E-state index < -0.39 is 66.1 Å². The molecule has 4 atom stereocenters. The van der Waals surface area contributed by atoms with Crippen molar-refractivity contribution in [3.63, 3.8) is 0 Å². The SMILES string of the molecule is Cc1csc(CCCNC(=O)[C@@H]2CCC(=O)N[C@H](C(C)C)C(=O)N[C@@H](CO)C(=O)N[C@@H](c3ccc(F)cc3)CC(=O)N2)n1. The first-order valence-corrected chi connectivity index (χ1v) is 15.1. The summed E-state index contributed by atoms with van der Waals surface area (Å²) in [6.07, 6.45) is 0.738. The zero-order valence-corrected chi connectivity index (χ0v) is 25.3. The van der Waals surface area contributed by atoms with Crippen LogP contribution in [0.3, 0.4) is 0 Å². The third-order valence-electron chi connectivity index (χ3n) is 6.90. The number of carbonyl (C=O) groups excluding carboxylic acids is 5. The second-order valence-electron chi connectivity index (χ2n) is 10.8. The van der Waals surface area contributed by atoms with Gasteiger partial charge in [0.1, 0.15) is 23.9 Å². The molecule has 0 unspecified atom stereocenters. The first kappa shape index (κ1) is 33.6. The number of halogens is 1. The minimum absolute atomic E-state index is 0.0473. The van der Waals surface area contributed by atoms with Crippen molar-refractivity contribution in [2.45, 2.75) is 77.0 Å². The molecule has 0 aliphatic carbocycles. The van der Waals surface area contributed by atoms with Crippen LogP contribution in [-0.2, 0) is 30.4 Å². The summed E-state index contributed by atoms with van der Waals surface area (Å²) >= 11 is 1.54. The van der Waals surface area contributed by atoms with Crippen molar-refractivity contribution in [1.29, 1.82) is 0 Å². The fourth-order valence-corrected chi connectivity index (χ4v) is 5.35. The fraction of sp³-hybridized carbons (Fsp3) is 0.517. The minimum atomic E-state index is -1.38. The molecule has 3 rings (SSSR count). The molecule has 43 heavy (non-hydrogen) atoms. The van der Waals surface area contributed by atoms with Gasteiger partial charge in [0.25, 0.3) is 0 Å². The Bertz CT molecular complexity index is 1290. The fourth-order valence-electron chi connectivity index (χ4n) is 4.53. The normalized spacial score (nSPS) is 22.5. The molecule has 1 saturated heterocycles. The van der Waals surface area contributed by atoms with Crippen molar-refractivity contribution in [2.75, 3.05) is 13.2 Å². The van der Waals surface area contributed by atoms with Crippen LogP contribution >= 0.6 is 11.3 Å². The number of carbonyl (C=O) groups is 5. The third-order valence-corrected chi connectivity index (χ3v) is 7.93. The lowest BCUT2D eigenvalue weighted by Gasteiger charge is -2.26. The van der Waals surface area contributed by atoms with Gasteiger partial charge < -0.3 is 31.7 Å². The predicted octanol–water partition coefficient (Wildman–Crippen LogP) is 0.784. The highest BCUT2D eigenvalue weighted by molar-refractivity contribution is 7.09. The van der Waals surface area contributed by atoms with Crippen LogP contribution < -0.4 is 26.6 Å². The number of nitrogens with zero attached hydrogens (tertiary/aromatic N) is 1. The number of thiazole rings is 1. The number of nitrogens with one attached hydrogen (secondary N) is 5. The van der Waals surface area contributed by atoms with E-state index in [1.165, 1.54) is 35.6 Å². The zero-order chi connectivity index (χ0) is 31.5. The Kier molecular flexibility index (Phi) is 12.6. The number of aliphatic hydroxyl groups is 1. The smallest absolute Gasteiger partial charge is 0.245 e. The maximum atomic E-state index is 13.6. The molecule has 1 fully saturated rings. The monoisotopic (exact) mass is 618 g/mol. The summed E-state index contributed by atoms with van der Waals surface area (Å²) in [5, 5.41) is 26.0. The maximum Gasteiger partial charge on any atom is 0.245 e. The van der Waals surface area contributed by atoms with Gasteiger partial charge in [-0.3, -0.25) is 24.0 Å². The number of hydrogen-bond donors (Lipinski definition) is 6. The van der Waals surface area contributed by atoms with Gasteiger partial charge in [-0.25, -0.2) is 9.37 Å². The van der Waals surface area contributed by atoms with Crippen molar-refractivity contribution in [3.05, 3.63) is 51.7 Å². The van der Waals surface area contributed by atoms with Crippen molar-refractivity contribution in [1.82, 2.24) is 31.6 Å². The first-order chi connectivity index (χ1) is 20.5. The molecule has 1 aromatic heterocycles. The Morgan fingerprint density at radius 3 is 2.42 bits per heavy atom. The van der Waals surface area contributed by atoms with Crippen LogP contribution in [-0.4, -0.2) is 70.9 Å². The van der Waals surface area contributed by atoms with E-state index in [1.54, 1.807) is 13.8 Å². The second kappa shape index (κ2) is 16.1. The Hall–Kier alpha value is -3.91. The molecule has 0 radical (unpaired) electrons. The van der Waals surface area contributed by atoms with Gasteiger partial charge in [-0.2, -0.15) is 0 Å². The number of aryl methyl sites for hydroxylation is 2. The molecule has 1 aromatic carbocycles. The molecule has 0 saturated carbocycles. The summed E-state index contributed by atoms with van der Waals surface area (Å²) in [5.74, 6) is -3.96. The summed E-state index contributed by atoms with van der Waals surface area (Å²) in [6.45, 7) is 4.90. The average Bonchev–Trinajstić information content (AvgIpc) is 3.38.